The van der Waals surface area contributed by atoms with E-state index in [0.29, 0.717) is 18.7 Å². The van der Waals surface area contributed by atoms with Crippen LogP contribution in [0.1, 0.15) is 22.5 Å². The van der Waals surface area contributed by atoms with Gasteiger partial charge >= 0.3 is 0 Å². The molecule has 0 saturated heterocycles. The van der Waals surface area contributed by atoms with Gasteiger partial charge in [-0.15, -0.1) is 0 Å². The van der Waals surface area contributed by atoms with Crippen LogP contribution in [0.5, 0.6) is 5.75 Å². The Morgan fingerprint density at radius 1 is 1.20 bits per heavy atom. The van der Waals surface area contributed by atoms with Crippen molar-refractivity contribution in [2.24, 2.45) is 0 Å². The standard InChI is InChI=1S/C15H18N2O3/c18-13-5-1-4-12(10-13)15(19)17-8-3-7-16-11-14-6-2-9-20-14/h1-2,4-6,9-10,16,18H,3,7-8,11H2,(H,17,19). The Bertz CT molecular complexity index is 538. The molecule has 20 heavy (non-hydrogen) atoms. The smallest absolute Gasteiger partial charge is 0.251 e. The molecule has 0 bridgehead atoms. The van der Waals surface area contributed by atoms with E-state index < -0.39 is 0 Å². The van der Waals surface area contributed by atoms with Crippen molar-refractivity contribution in [1.29, 1.82) is 0 Å². The maximum atomic E-state index is 11.8. The van der Waals surface area contributed by atoms with Crippen LogP contribution in [-0.4, -0.2) is 24.1 Å². The van der Waals surface area contributed by atoms with Crippen LogP contribution in [0.3, 0.4) is 0 Å². The van der Waals surface area contributed by atoms with E-state index in [4.69, 9.17) is 4.42 Å². The van der Waals surface area contributed by atoms with E-state index in [1.54, 1.807) is 18.4 Å². The normalized spacial score (nSPS) is 10.4. The molecule has 5 nitrogen and oxygen atoms in total. The number of rotatable bonds is 7. The Kier molecular flexibility index (Phi) is 5.20. The molecule has 1 heterocycles. The fourth-order valence-corrected chi connectivity index (χ4v) is 1.79. The van der Waals surface area contributed by atoms with Crippen LogP contribution in [0, 0.1) is 0 Å². The van der Waals surface area contributed by atoms with Gasteiger partial charge in [-0.1, -0.05) is 6.07 Å². The summed E-state index contributed by atoms with van der Waals surface area (Å²) in [6, 6.07) is 10.1. The Labute approximate surface area is 117 Å². The van der Waals surface area contributed by atoms with E-state index in [2.05, 4.69) is 10.6 Å². The average molecular weight is 274 g/mol. The molecule has 0 aliphatic rings. The van der Waals surface area contributed by atoms with Crippen LogP contribution in [0.4, 0.5) is 0 Å². The highest BCUT2D eigenvalue weighted by molar-refractivity contribution is 5.94. The molecule has 5 heteroatoms. The van der Waals surface area contributed by atoms with E-state index in [1.807, 2.05) is 12.1 Å². The third kappa shape index (κ3) is 4.44. The zero-order chi connectivity index (χ0) is 14.2. The Balaban J connectivity index is 1.60. The van der Waals surface area contributed by atoms with Crippen molar-refractivity contribution >= 4 is 5.91 Å². The molecule has 0 unspecified atom stereocenters. The molecule has 2 rings (SSSR count). The molecule has 1 aromatic carbocycles. The quantitative estimate of drug-likeness (QED) is 0.674. The second-order valence-corrected chi connectivity index (χ2v) is 4.42. The van der Waals surface area contributed by atoms with Crippen molar-refractivity contribution in [2.75, 3.05) is 13.1 Å². The molecular weight excluding hydrogens is 256 g/mol. The molecule has 1 amide bonds. The molecule has 106 valence electrons. The van der Waals surface area contributed by atoms with Crippen molar-refractivity contribution in [1.82, 2.24) is 10.6 Å². The van der Waals surface area contributed by atoms with Gasteiger partial charge in [-0.2, -0.15) is 0 Å². The summed E-state index contributed by atoms with van der Waals surface area (Å²) in [6.45, 7) is 2.06. The fraction of sp³-hybridized carbons (Fsp3) is 0.267. The van der Waals surface area contributed by atoms with Gasteiger partial charge in [-0.05, 0) is 43.3 Å². The summed E-state index contributed by atoms with van der Waals surface area (Å²) in [7, 11) is 0. The lowest BCUT2D eigenvalue weighted by Crippen LogP contribution is -2.27. The number of carbonyl (C=O) groups is 1. The van der Waals surface area contributed by atoms with Crippen molar-refractivity contribution in [3.8, 4) is 5.75 Å². The predicted octanol–water partition coefficient (Wildman–Crippen LogP) is 1.89. The first-order valence-electron chi connectivity index (χ1n) is 6.56. The zero-order valence-electron chi connectivity index (χ0n) is 11.1. The number of phenols is 1. The summed E-state index contributed by atoms with van der Waals surface area (Å²) >= 11 is 0. The summed E-state index contributed by atoms with van der Waals surface area (Å²) in [6.07, 6.45) is 2.47. The molecule has 1 aromatic heterocycles. The Morgan fingerprint density at radius 2 is 2.10 bits per heavy atom. The second kappa shape index (κ2) is 7.35. The number of hydrogen-bond acceptors (Lipinski definition) is 4. The number of furan rings is 1. The number of aromatic hydroxyl groups is 1. The Hall–Kier alpha value is -2.27. The molecule has 0 aliphatic heterocycles. The minimum absolute atomic E-state index is 0.0952. The van der Waals surface area contributed by atoms with Gasteiger partial charge in [-0.3, -0.25) is 4.79 Å². The van der Waals surface area contributed by atoms with Crippen molar-refractivity contribution in [3.63, 3.8) is 0 Å². The van der Waals surface area contributed by atoms with Crippen molar-refractivity contribution in [3.05, 3.63) is 54.0 Å². The van der Waals surface area contributed by atoms with E-state index >= 15 is 0 Å². The van der Waals surface area contributed by atoms with Crippen LogP contribution >= 0.6 is 0 Å². The van der Waals surface area contributed by atoms with Crippen LogP contribution in [-0.2, 0) is 6.54 Å². The summed E-state index contributed by atoms with van der Waals surface area (Å²) < 4.78 is 5.19. The summed E-state index contributed by atoms with van der Waals surface area (Å²) in [5.74, 6) is 0.818. The van der Waals surface area contributed by atoms with Gasteiger partial charge in [0.05, 0.1) is 12.8 Å². The molecule has 3 N–H and O–H groups in total. The summed E-state index contributed by atoms with van der Waals surface area (Å²) in [5.41, 5.74) is 0.466. The number of hydrogen-bond donors (Lipinski definition) is 3. The first-order chi connectivity index (χ1) is 9.75. The maximum Gasteiger partial charge on any atom is 0.251 e. The van der Waals surface area contributed by atoms with Gasteiger partial charge in [-0.25, -0.2) is 0 Å². The number of phenolic OH excluding ortho intramolecular Hbond substituents is 1. The van der Waals surface area contributed by atoms with Crippen LogP contribution in [0.15, 0.2) is 47.1 Å². The summed E-state index contributed by atoms with van der Waals surface area (Å²) in [5, 5.41) is 15.3. The molecule has 0 fully saturated rings. The lowest BCUT2D eigenvalue weighted by atomic mass is 10.2. The Morgan fingerprint density at radius 3 is 2.85 bits per heavy atom. The molecule has 0 radical (unpaired) electrons. The van der Waals surface area contributed by atoms with Crippen molar-refractivity contribution < 1.29 is 14.3 Å². The van der Waals surface area contributed by atoms with Gasteiger partial charge in [0, 0.05) is 12.1 Å². The monoisotopic (exact) mass is 274 g/mol. The van der Waals surface area contributed by atoms with Gasteiger partial charge in [0.1, 0.15) is 11.5 Å². The number of benzene rings is 1. The number of carbonyl (C=O) groups excluding carboxylic acids is 1. The van der Waals surface area contributed by atoms with Gasteiger partial charge < -0.3 is 20.2 Å². The van der Waals surface area contributed by atoms with Gasteiger partial charge in [0.25, 0.3) is 5.91 Å². The molecule has 0 spiro atoms. The first-order valence-corrected chi connectivity index (χ1v) is 6.56. The number of amides is 1. The van der Waals surface area contributed by atoms with Gasteiger partial charge in [0.2, 0.25) is 0 Å². The minimum atomic E-state index is -0.174. The first kappa shape index (κ1) is 14.1. The average Bonchev–Trinajstić information content (AvgIpc) is 2.95. The second-order valence-electron chi connectivity index (χ2n) is 4.42. The number of nitrogens with one attached hydrogen (secondary N) is 2. The minimum Gasteiger partial charge on any atom is -0.508 e. The molecular formula is C15H18N2O3. The largest absolute Gasteiger partial charge is 0.508 e. The van der Waals surface area contributed by atoms with E-state index in [-0.39, 0.29) is 11.7 Å². The van der Waals surface area contributed by atoms with E-state index in [1.165, 1.54) is 12.1 Å². The third-order valence-electron chi connectivity index (χ3n) is 2.80. The topological polar surface area (TPSA) is 74.5 Å². The van der Waals surface area contributed by atoms with Crippen LogP contribution in [0.2, 0.25) is 0 Å². The highest BCUT2D eigenvalue weighted by atomic mass is 16.3. The van der Waals surface area contributed by atoms with Crippen LogP contribution in [0.25, 0.3) is 0 Å². The lowest BCUT2D eigenvalue weighted by Gasteiger charge is -2.06. The molecule has 2 aromatic rings. The fourth-order valence-electron chi connectivity index (χ4n) is 1.79. The van der Waals surface area contributed by atoms with Gasteiger partial charge in [0.15, 0.2) is 0 Å². The van der Waals surface area contributed by atoms with E-state index in [9.17, 15) is 9.90 Å². The third-order valence-corrected chi connectivity index (χ3v) is 2.80. The zero-order valence-corrected chi connectivity index (χ0v) is 11.1. The summed E-state index contributed by atoms with van der Waals surface area (Å²) in [4.78, 5) is 11.8. The maximum absolute atomic E-state index is 11.8. The van der Waals surface area contributed by atoms with Crippen molar-refractivity contribution in [2.45, 2.75) is 13.0 Å². The van der Waals surface area contributed by atoms with Crippen LogP contribution < -0.4 is 10.6 Å². The molecule has 0 aliphatic carbocycles. The highest BCUT2D eigenvalue weighted by Crippen LogP contribution is 2.10. The highest BCUT2D eigenvalue weighted by Gasteiger charge is 2.04. The SMILES string of the molecule is O=C(NCCCNCc1ccco1)c1cccc(O)c1. The van der Waals surface area contributed by atoms with E-state index in [0.717, 1.165) is 18.7 Å². The predicted molar refractivity (Wildman–Crippen MR) is 75.5 cm³/mol. The molecule has 0 saturated carbocycles. The molecule has 0 atom stereocenters. The lowest BCUT2D eigenvalue weighted by molar-refractivity contribution is 0.0953.